The first kappa shape index (κ1) is 18.1. The number of hydrogen-bond acceptors (Lipinski definition) is 5. The maximum Gasteiger partial charge on any atom is 0.191 e. The van der Waals surface area contributed by atoms with Gasteiger partial charge in [-0.1, -0.05) is 0 Å². The summed E-state index contributed by atoms with van der Waals surface area (Å²) in [6.45, 7) is 4.53. The van der Waals surface area contributed by atoms with Crippen molar-refractivity contribution in [2.24, 2.45) is 4.99 Å². The number of unbranched alkanes of at least 4 members (excludes halogenated alkanes) is 1. The van der Waals surface area contributed by atoms with Crippen LogP contribution in [0.1, 0.15) is 25.5 Å². The highest BCUT2D eigenvalue weighted by atomic mass is 32.2. The van der Waals surface area contributed by atoms with Crippen LogP contribution >= 0.6 is 23.1 Å². The first-order valence-corrected chi connectivity index (χ1v) is 9.57. The Morgan fingerprint density at radius 2 is 2.19 bits per heavy atom. The summed E-state index contributed by atoms with van der Waals surface area (Å²) in [6, 6.07) is 0. The van der Waals surface area contributed by atoms with Gasteiger partial charge in [-0.25, -0.2) is 9.98 Å². The summed E-state index contributed by atoms with van der Waals surface area (Å²) in [5.74, 6) is 2.10. The molecule has 0 bridgehead atoms. The van der Waals surface area contributed by atoms with Crippen molar-refractivity contribution >= 4 is 34.2 Å². The zero-order valence-corrected chi connectivity index (χ0v) is 15.1. The molecule has 0 aromatic carbocycles. The van der Waals surface area contributed by atoms with E-state index in [0.717, 1.165) is 29.9 Å². The number of thioether (sulfide) groups is 1. The van der Waals surface area contributed by atoms with Crippen LogP contribution < -0.4 is 15.5 Å². The first-order valence-electron chi connectivity index (χ1n) is 7.30. The molecule has 5 nitrogen and oxygen atoms in total. The van der Waals surface area contributed by atoms with E-state index in [-0.39, 0.29) is 0 Å². The van der Waals surface area contributed by atoms with Crippen molar-refractivity contribution in [2.75, 3.05) is 44.1 Å². The van der Waals surface area contributed by atoms with Gasteiger partial charge in [-0.05, 0) is 31.8 Å². The topological polar surface area (TPSA) is 52.6 Å². The molecule has 120 valence electrons. The number of anilines is 1. The Morgan fingerprint density at radius 1 is 1.38 bits per heavy atom. The van der Waals surface area contributed by atoms with E-state index >= 15 is 0 Å². The number of thiazole rings is 1. The van der Waals surface area contributed by atoms with E-state index < -0.39 is 0 Å². The molecule has 1 rings (SSSR count). The summed E-state index contributed by atoms with van der Waals surface area (Å²) in [6.07, 6.45) is 4.56. The van der Waals surface area contributed by atoms with Crippen molar-refractivity contribution in [3.63, 3.8) is 0 Å². The Hall–Kier alpha value is -0.950. The number of guanidine groups is 1. The quantitative estimate of drug-likeness (QED) is 0.414. The molecule has 0 radical (unpaired) electrons. The molecule has 21 heavy (non-hydrogen) atoms. The Balaban J connectivity index is 2.42. The van der Waals surface area contributed by atoms with Crippen LogP contribution in [0.15, 0.2) is 10.4 Å². The van der Waals surface area contributed by atoms with Crippen LogP contribution in [-0.4, -0.2) is 50.1 Å². The second-order valence-corrected chi connectivity index (χ2v) is 6.66. The lowest BCUT2D eigenvalue weighted by Crippen LogP contribution is -2.37. The molecule has 0 saturated heterocycles. The van der Waals surface area contributed by atoms with Crippen molar-refractivity contribution < 1.29 is 0 Å². The average molecular weight is 330 g/mol. The molecule has 0 saturated carbocycles. The standard InChI is InChI=1S/C14H27N5S2/c1-5-15-13(16-8-6-7-9-20-4)17-10-12-11-21-14(18-12)19(2)3/h11H,5-10H2,1-4H3,(H2,15,16,17). The van der Waals surface area contributed by atoms with Gasteiger partial charge < -0.3 is 15.5 Å². The van der Waals surface area contributed by atoms with Crippen molar-refractivity contribution in [1.82, 2.24) is 15.6 Å². The molecule has 7 heteroatoms. The number of nitrogens with one attached hydrogen (secondary N) is 2. The van der Waals surface area contributed by atoms with Gasteiger partial charge in [0.05, 0.1) is 12.2 Å². The van der Waals surface area contributed by atoms with Gasteiger partial charge in [0, 0.05) is 32.6 Å². The smallest absolute Gasteiger partial charge is 0.191 e. The fourth-order valence-electron chi connectivity index (χ4n) is 1.65. The normalized spacial score (nSPS) is 11.5. The molecule has 0 aliphatic heterocycles. The molecule has 0 aliphatic rings. The third-order valence-corrected chi connectivity index (χ3v) is 4.49. The molecule has 0 atom stereocenters. The largest absolute Gasteiger partial charge is 0.357 e. The van der Waals surface area contributed by atoms with Crippen LogP contribution in [0, 0.1) is 0 Å². The molecular weight excluding hydrogens is 302 g/mol. The van der Waals surface area contributed by atoms with Crippen LogP contribution in [0.2, 0.25) is 0 Å². The number of rotatable bonds is 9. The van der Waals surface area contributed by atoms with E-state index in [1.54, 1.807) is 11.3 Å². The highest BCUT2D eigenvalue weighted by Gasteiger charge is 2.03. The number of aromatic nitrogens is 1. The molecule has 0 spiro atoms. The second kappa shape index (κ2) is 10.7. The molecule has 1 aromatic heterocycles. The fraction of sp³-hybridized carbons (Fsp3) is 0.714. The molecule has 1 heterocycles. The Kier molecular flexibility index (Phi) is 9.25. The number of nitrogens with zero attached hydrogens (tertiary/aromatic N) is 3. The summed E-state index contributed by atoms with van der Waals surface area (Å²) in [5.41, 5.74) is 1.02. The van der Waals surface area contributed by atoms with Gasteiger partial charge in [0.2, 0.25) is 0 Å². The second-order valence-electron chi connectivity index (χ2n) is 4.84. The van der Waals surface area contributed by atoms with Gasteiger partial charge in [-0.2, -0.15) is 11.8 Å². The minimum absolute atomic E-state index is 0.616. The van der Waals surface area contributed by atoms with E-state index in [0.29, 0.717) is 6.54 Å². The zero-order chi connectivity index (χ0) is 15.5. The van der Waals surface area contributed by atoms with Crippen LogP contribution in [0.25, 0.3) is 0 Å². The van der Waals surface area contributed by atoms with Gasteiger partial charge in [0.25, 0.3) is 0 Å². The lowest BCUT2D eigenvalue weighted by atomic mass is 10.3. The van der Waals surface area contributed by atoms with Gasteiger partial charge in [-0.3, -0.25) is 0 Å². The molecular formula is C14H27N5S2. The van der Waals surface area contributed by atoms with Gasteiger partial charge >= 0.3 is 0 Å². The Morgan fingerprint density at radius 3 is 2.81 bits per heavy atom. The molecule has 2 N–H and O–H groups in total. The minimum atomic E-state index is 0.616. The summed E-state index contributed by atoms with van der Waals surface area (Å²) in [4.78, 5) is 11.2. The van der Waals surface area contributed by atoms with E-state index in [2.05, 4.69) is 39.2 Å². The Bertz CT molecular complexity index is 417. The summed E-state index contributed by atoms with van der Waals surface area (Å²) < 4.78 is 0. The molecule has 0 aliphatic carbocycles. The van der Waals surface area contributed by atoms with Crippen LogP contribution in [0.3, 0.4) is 0 Å². The van der Waals surface area contributed by atoms with E-state index in [1.165, 1.54) is 18.6 Å². The molecule has 0 amide bonds. The van der Waals surface area contributed by atoms with Gasteiger partial charge in [0.1, 0.15) is 0 Å². The molecule has 0 fully saturated rings. The van der Waals surface area contributed by atoms with E-state index in [1.807, 2.05) is 30.8 Å². The van der Waals surface area contributed by atoms with E-state index in [9.17, 15) is 0 Å². The lowest BCUT2D eigenvalue weighted by molar-refractivity contribution is 0.733. The monoisotopic (exact) mass is 329 g/mol. The fourth-order valence-corrected chi connectivity index (χ4v) is 2.90. The molecule has 0 unspecified atom stereocenters. The summed E-state index contributed by atoms with van der Waals surface area (Å²) >= 11 is 3.55. The maximum atomic E-state index is 4.59. The Labute approximate surface area is 136 Å². The predicted octanol–water partition coefficient (Wildman–Crippen LogP) is 2.41. The number of aliphatic imine (C=N–C) groups is 1. The third-order valence-electron chi connectivity index (χ3n) is 2.73. The first-order chi connectivity index (χ1) is 10.2. The van der Waals surface area contributed by atoms with Crippen LogP contribution in [0.5, 0.6) is 0 Å². The van der Waals surface area contributed by atoms with Crippen molar-refractivity contribution in [3.8, 4) is 0 Å². The van der Waals surface area contributed by atoms with Crippen LogP contribution in [-0.2, 0) is 6.54 Å². The number of hydrogen-bond donors (Lipinski definition) is 2. The maximum absolute atomic E-state index is 4.59. The summed E-state index contributed by atoms with van der Waals surface area (Å²) in [5, 5.41) is 9.74. The average Bonchev–Trinajstić information content (AvgIpc) is 2.93. The lowest BCUT2D eigenvalue weighted by Gasteiger charge is -2.10. The highest BCUT2D eigenvalue weighted by Crippen LogP contribution is 2.18. The van der Waals surface area contributed by atoms with Crippen molar-refractivity contribution in [1.29, 1.82) is 0 Å². The van der Waals surface area contributed by atoms with Crippen molar-refractivity contribution in [2.45, 2.75) is 26.3 Å². The van der Waals surface area contributed by atoms with Crippen molar-refractivity contribution in [3.05, 3.63) is 11.1 Å². The van der Waals surface area contributed by atoms with Crippen LogP contribution in [0.4, 0.5) is 5.13 Å². The third kappa shape index (κ3) is 7.57. The zero-order valence-electron chi connectivity index (χ0n) is 13.5. The van der Waals surface area contributed by atoms with Gasteiger partial charge in [0.15, 0.2) is 11.1 Å². The predicted molar refractivity (Wildman–Crippen MR) is 96.9 cm³/mol. The SMILES string of the molecule is CCNC(=NCc1csc(N(C)C)n1)NCCCCSC. The minimum Gasteiger partial charge on any atom is -0.357 e. The molecule has 1 aromatic rings. The summed E-state index contributed by atoms with van der Waals surface area (Å²) in [7, 11) is 4.01. The highest BCUT2D eigenvalue weighted by molar-refractivity contribution is 7.98. The van der Waals surface area contributed by atoms with E-state index in [4.69, 9.17) is 0 Å². The van der Waals surface area contributed by atoms with Gasteiger partial charge in [-0.15, -0.1) is 11.3 Å².